The minimum Gasteiger partial charge on any atom is -0.495 e. The van der Waals surface area contributed by atoms with Crippen LogP contribution < -0.4 is 20.7 Å². The van der Waals surface area contributed by atoms with Gasteiger partial charge in [0.1, 0.15) is 5.75 Å². The van der Waals surface area contributed by atoms with Gasteiger partial charge < -0.3 is 30.7 Å². The highest BCUT2D eigenvalue weighted by Crippen LogP contribution is 2.35. The lowest BCUT2D eigenvalue weighted by atomic mass is 10.2. The molecule has 0 aliphatic rings. The van der Waals surface area contributed by atoms with E-state index in [2.05, 4.69) is 11.9 Å². The van der Waals surface area contributed by atoms with Crippen LogP contribution in [0.3, 0.4) is 0 Å². The number of likely N-dealkylation sites (N-methyl/N-ethyl adjacent to an activating group) is 2. The summed E-state index contributed by atoms with van der Waals surface area (Å²) in [6, 6.07) is 3.25. The van der Waals surface area contributed by atoms with Crippen LogP contribution in [0.1, 0.15) is 0 Å². The summed E-state index contributed by atoms with van der Waals surface area (Å²) in [6.07, 6.45) is -5.08. The molecule has 1 rings (SSSR count). The van der Waals surface area contributed by atoms with Crippen LogP contribution in [0.5, 0.6) is 5.75 Å². The molecule has 1 aromatic rings. The van der Waals surface area contributed by atoms with E-state index in [1.54, 1.807) is 12.1 Å². The van der Waals surface area contributed by atoms with E-state index in [4.69, 9.17) is 20.4 Å². The molecule has 0 aromatic heterocycles. The van der Waals surface area contributed by atoms with Crippen LogP contribution in [0.15, 0.2) is 24.5 Å². The summed E-state index contributed by atoms with van der Waals surface area (Å²) in [7, 11) is 7.31. The van der Waals surface area contributed by atoms with Crippen molar-refractivity contribution in [2.24, 2.45) is 0 Å². The Morgan fingerprint density at radius 1 is 1.24 bits per heavy atom. The number of nitrogens with one attached hydrogen (secondary N) is 1. The van der Waals surface area contributed by atoms with Crippen LogP contribution in [0.25, 0.3) is 0 Å². The number of nitrogen functional groups attached to an aromatic ring is 1. The fourth-order valence-electron chi connectivity index (χ4n) is 1.84. The molecule has 0 aliphatic heterocycles. The van der Waals surface area contributed by atoms with Crippen LogP contribution in [0.4, 0.5) is 34.6 Å². The molecular weight excluding hydrogens is 400 g/mol. The van der Waals surface area contributed by atoms with E-state index in [9.17, 15) is 22.4 Å². The van der Waals surface area contributed by atoms with Gasteiger partial charge in [0, 0.05) is 26.2 Å². The maximum absolute atomic E-state index is 12.9. The number of halogens is 4. The number of benzene rings is 1. The van der Waals surface area contributed by atoms with Gasteiger partial charge in [-0.2, -0.15) is 13.2 Å². The average molecular weight is 424 g/mol. The lowest BCUT2D eigenvalue weighted by molar-refractivity contribution is -0.192. The summed E-state index contributed by atoms with van der Waals surface area (Å²) >= 11 is 0. The highest BCUT2D eigenvalue weighted by Gasteiger charge is 2.38. The van der Waals surface area contributed by atoms with Crippen LogP contribution in [-0.4, -0.2) is 69.4 Å². The number of nitrogens with two attached hydrogens (primary N) is 1. The average Bonchev–Trinajstić information content (AvgIpc) is 2.59. The Bertz CT molecular complexity index is 739. The molecule has 12 heteroatoms. The first-order chi connectivity index (χ1) is 13.2. The molecule has 8 nitrogen and oxygen atoms in total. The van der Waals surface area contributed by atoms with E-state index in [0.717, 1.165) is 6.54 Å². The molecule has 0 saturated heterocycles. The first kappa shape index (κ1) is 26.0. The van der Waals surface area contributed by atoms with Crippen LogP contribution in [0.2, 0.25) is 0 Å². The second-order valence-corrected chi connectivity index (χ2v) is 6.00. The molecular formula is C17H24F4N4O4. The zero-order valence-corrected chi connectivity index (χ0v) is 16.4. The van der Waals surface area contributed by atoms with Gasteiger partial charge >= 0.3 is 12.1 Å². The first-order valence-corrected chi connectivity index (χ1v) is 7.99. The number of alkyl halides is 3. The third-order valence-electron chi connectivity index (χ3n) is 3.38. The fourth-order valence-corrected chi connectivity index (χ4v) is 1.84. The van der Waals surface area contributed by atoms with Crippen molar-refractivity contribution in [1.29, 1.82) is 0 Å². The Labute approximate surface area is 165 Å². The molecule has 0 radical (unpaired) electrons. The zero-order valence-electron chi connectivity index (χ0n) is 16.4. The molecule has 0 atom stereocenters. The molecule has 0 aliphatic carbocycles. The number of anilines is 3. The highest BCUT2D eigenvalue weighted by molar-refractivity contribution is 6.04. The Morgan fingerprint density at radius 2 is 1.76 bits per heavy atom. The normalized spacial score (nSPS) is 10.7. The Morgan fingerprint density at radius 3 is 2.14 bits per heavy atom. The number of rotatable bonds is 7. The van der Waals surface area contributed by atoms with E-state index in [1.807, 2.05) is 30.9 Å². The van der Waals surface area contributed by atoms with E-state index in [-0.39, 0.29) is 0 Å². The minimum absolute atomic E-state index is 0.354. The molecule has 1 amide bonds. The molecule has 0 fully saturated rings. The lowest BCUT2D eigenvalue weighted by Gasteiger charge is -2.25. The van der Waals surface area contributed by atoms with Gasteiger partial charge in [0.15, 0.2) is 5.83 Å². The van der Waals surface area contributed by atoms with E-state index in [0.29, 0.717) is 29.4 Å². The van der Waals surface area contributed by atoms with Crippen LogP contribution in [0, 0.1) is 0 Å². The number of nitrogens with zero attached hydrogens (tertiary/aromatic N) is 2. The Kier molecular flexibility index (Phi) is 9.94. The first-order valence-electron chi connectivity index (χ1n) is 7.99. The van der Waals surface area contributed by atoms with E-state index in [1.165, 1.54) is 7.11 Å². The molecule has 0 saturated carbocycles. The summed E-state index contributed by atoms with van der Waals surface area (Å²) < 4.78 is 49.9. The van der Waals surface area contributed by atoms with Crippen molar-refractivity contribution in [3.63, 3.8) is 0 Å². The summed E-state index contributed by atoms with van der Waals surface area (Å²) in [6.45, 7) is 4.51. The number of carbonyl (C=O) groups is 2. The largest absolute Gasteiger partial charge is 0.495 e. The lowest BCUT2D eigenvalue weighted by Crippen LogP contribution is -2.29. The van der Waals surface area contributed by atoms with Gasteiger partial charge in [0.25, 0.3) is 5.91 Å². The quantitative estimate of drug-likeness (QED) is 0.350. The minimum atomic E-state index is -5.08. The van der Waals surface area contributed by atoms with Gasteiger partial charge in [-0.3, -0.25) is 4.79 Å². The number of ether oxygens (including phenoxy) is 1. The number of hydrogen-bond donors (Lipinski definition) is 3. The number of hydrogen-bond acceptors (Lipinski definition) is 6. The number of carboxylic acids is 1. The predicted molar refractivity (Wildman–Crippen MR) is 102 cm³/mol. The monoisotopic (exact) mass is 424 g/mol. The SMILES string of the molecule is C=C(F)C(=O)Nc1cc(N)c(OC)cc1N(C)CCN(C)C.O=C(O)C(F)(F)F. The maximum atomic E-state index is 12.9. The maximum Gasteiger partial charge on any atom is 0.490 e. The van der Waals surface area contributed by atoms with Gasteiger partial charge in [-0.15, -0.1) is 0 Å². The molecule has 164 valence electrons. The molecule has 0 heterocycles. The van der Waals surface area contributed by atoms with Gasteiger partial charge in [-0.25, -0.2) is 9.18 Å². The van der Waals surface area contributed by atoms with Crippen molar-refractivity contribution in [3.05, 3.63) is 24.5 Å². The summed E-state index contributed by atoms with van der Waals surface area (Å²) in [5.74, 6) is -4.22. The highest BCUT2D eigenvalue weighted by atomic mass is 19.4. The van der Waals surface area contributed by atoms with Crippen molar-refractivity contribution in [3.8, 4) is 5.75 Å². The molecule has 0 unspecified atom stereocenters. The van der Waals surface area contributed by atoms with Crippen LogP contribution in [-0.2, 0) is 9.59 Å². The molecule has 0 spiro atoms. The van der Waals surface area contributed by atoms with E-state index < -0.39 is 23.9 Å². The van der Waals surface area contributed by atoms with Gasteiger partial charge in [-0.1, -0.05) is 6.58 Å². The van der Waals surface area contributed by atoms with Crippen molar-refractivity contribution >= 4 is 28.9 Å². The molecule has 29 heavy (non-hydrogen) atoms. The smallest absolute Gasteiger partial charge is 0.490 e. The predicted octanol–water partition coefficient (Wildman–Crippen LogP) is 2.33. The Hall–Kier alpha value is -3.02. The topological polar surface area (TPSA) is 108 Å². The van der Waals surface area contributed by atoms with Gasteiger partial charge in [0.2, 0.25) is 0 Å². The Balaban J connectivity index is 0.000000956. The fraction of sp³-hybridized carbons (Fsp3) is 0.412. The summed E-state index contributed by atoms with van der Waals surface area (Å²) in [5.41, 5.74) is 7.30. The number of amides is 1. The third kappa shape index (κ3) is 9.14. The van der Waals surface area contributed by atoms with Gasteiger partial charge in [0.05, 0.1) is 24.2 Å². The molecule has 1 aromatic carbocycles. The van der Waals surface area contributed by atoms with Crippen LogP contribution >= 0.6 is 0 Å². The van der Waals surface area contributed by atoms with Gasteiger partial charge in [-0.05, 0) is 20.2 Å². The van der Waals surface area contributed by atoms with Crippen molar-refractivity contribution in [1.82, 2.24) is 4.90 Å². The number of carboxylic acid groups (broad SMARTS) is 1. The van der Waals surface area contributed by atoms with Crippen molar-refractivity contribution < 1.29 is 37.0 Å². The second kappa shape index (κ2) is 11.1. The zero-order chi connectivity index (χ0) is 22.9. The number of aliphatic carboxylic acids is 1. The number of carbonyl (C=O) groups excluding carboxylic acids is 1. The molecule has 4 N–H and O–H groups in total. The third-order valence-corrected chi connectivity index (χ3v) is 3.38. The number of methoxy groups -OCH3 is 1. The summed E-state index contributed by atoms with van der Waals surface area (Å²) in [5, 5.41) is 9.59. The van der Waals surface area contributed by atoms with Crippen molar-refractivity contribution in [2.45, 2.75) is 6.18 Å². The molecule has 0 bridgehead atoms. The second-order valence-electron chi connectivity index (χ2n) is 6.00. The van der Waals surface area contributed by atoms with E-state index >= 15 is 0 Å². The summed E-state index contributed by atoms with van der Waals surface area (Å²) in [4.78, 5) is 24.4. The van der Waals surface area contributed by atoms with Crippen molar-refractivity contribution in [2.75, 3.05) is 57.3 Å². The standard InChI is InChI=1S/C15H23FN4O2.C2HF3O2/c1-10(16)15(21)18-12-8-11(17)14(22-5)9-13(12)20(4)7-6-19(2)3;3-2(4,5)1(6)7/h8-9H,1,6-7,17H2,2-5H3,(H,18,21);(H,6,7).